The van der Waals surface area contributed by atoms with E-state index >= 15 is 0 Å². The number of hydrogen-bond acceptors (Lipinski definition) is 6. The van der Waals surface area contributed by atoms with Crippen LogP contribution in [0.5, 0.6) is 0 Å². The first-order valence-electron chi connectivity index (χ1n) is 7.05. The molecule has 0 fully saturated rings. The maximum atomic E-state index is 12.0. The van der Waals surface area contributed by atoms with Crippen LogP contribution in [0, 0.1) is 0 Å². The molecule has 0 unspecified atom stereocenters. The second kappa shape index (κ2) is 7.89. The Hall–Kier alpha value is -2.45. The molecule has 0 saturated carbocycles. The second-order valence-electron chi connectivity index (χ2n) is 4.78. The van der Waals surface area contributed by atoms with E-state index in [0.29, 0.717) is 17.4 Å². The van der Waals surface area contributed by atoms with Crippen LogP contribution in [0.25, 0.3) is 0 Å². The van der Waals surface area contributed by atoms with Gasteiger partial charge in [-0.2, -0.15) is 0 Å². The van der Waals surface area contributed by atoms with Crippen molar-refractivity contribution < 1.29 is 4.79 Å². The molecule has 0 saturated heterocycles. The molecule has 0 radical (unpaired) electrons. The van der Waals surface area contributed by atoms with Crippen molar-refractivity contribution >= 4 is 35.0 Å². The highest BCUT2D eigenvalue weighted by Crippen LogP contribution is 2.19. The SMILES string of the molecule is O=C(CSc1nnnn1Cc1ccccc1)Nc1cccnc1Cl. The Kier molecular flexibility index (Phi) is 5.39. The molecule has 24 heavy (non-hydrogen) atoms. The zero-order valence-electron chi connectivity index (χ0n) is 12.5. The van der Waals surface area contributed by atoms with Gasteiger partial charge in [0.25, 0.3) is 0 Å². The van der Waals surface area contributed by atoms with E-state index in [1.54, 1.807) is 23.0 Å². The zero-order valence-corrected chi connectivity index (χ0v) is 14.0. The number of nitrogens with one attached hydrogen (secondary N) is 1. The normalized spacial score (nSPS) is 10.5. The van der Waals surface area contributed by atoms with E-state index < -0.39 is 0 Å². The summed E-state index contributed by atoms with van der Waals surface area (Å²) in [7, 11) is 0. The van der Waals surface area contributed by atoms with Gasteiger partial charge >= 0.3 is 0 Å². The van der Waals surface area contributed by atoms with Gasteiger partial charge in [0.1, 0.15) is 0 Å². The fraction of sp³-hybridized carbons (Fsp3) is 0.133. The number of pyridine rings is 1. The number of amides is 1. The Balaban J connectivity index is 1.58. The number of aromatic nitrogens is 5. The number of carbonyl (C=O) groups is 1. The van der Waals surface area contributed by atoms with Crippen LogP contribution >= 0.6 is 23.4 Å². The van der Waals surface area contributed by atoms with Crippen LogP contribution in [0.3, 0.4) is 0 Å². The van der Waals surface area contributed by atoms with Crippen LogP contribution in [-0.2, 0) is 11.3 Å². The van der Waals surface area contributed by atoms with Crippen molar-refractivity contribution in [3.63, 3.8) is 0 Å². The summed E-state index contributed by atoms with van der Waals surface area (Å²) in [5.41, 5.74) is 1.56. The number of benzene rings is 1. The standard InChI is InChI=1S/C15H13ClN6OS/c16-14-12(7-4-8-17-14)18-13(23)10-24-15-19-20-21-22(15)9-11-5-2-1-3-6-11/h1-8H,9-10H2,(H,18,23). The largest absolute Gasteiger partial charge is 0.323 e. The molecule has 0 aliphatic rings. The maximum Gasteiger partial charge on any atom is 0.234 e. The van der Waals surface area contributed by atoms with Gasteiger partial charge in [0.2, 0.25) is 11.1 Å². The molecule has 2 aromatic heterocycles. The van der Waals surface area contributed by atoms with Crippen LogP contribution < -0.4 is 5.32 Å². The number of tetrazole rings is 1. The molecule has 3 rings (SSSR count). The predicted molar refractivity (Wildman–Crippen MR) is 92.0 cm³/mol. The summed E-state index contributed by atoms with van der Waals surface area (Å²) in [6.07, 6.45) is 1.56. The quantitative estimate of drug-likeness (QED) is 0.537. The summed E-state index contributed by atoms with van der Waals surface area (Å²) < 4.78 is 1.66. The Morgan fingerprint density at radius 3 is 2.83 bits per heavy atom. The first kappa shape index (κ1) is 16.4. The van der Waals surface area contributed by atoms with Crippen molar-refractivity contribution in [1.29, 1.82) is 0 Å². The third kappa shape index (κ3) is 4.30. The van der Waals surface area contributed by atoms with Gasteiger partial charge in [0.15, 0.2) is 5.15 Å². The molecule has 0 aliphatic carbocycles. The highest BCUT2D eigenvalue weighted by Gasteiger charge is 2.11. The third-order valence-electron chi connectivity index (χ3n) is 3.04. The second-order valence-corrected chi connectivity index (χ2v) is 6.08. The number of hydrogen-bond donors (Lipinski definition) is 1. The molecule has 1 amide bonds. The lowest BCUT2D eigenvalue weighted by Crippen LogP contribution is -2.15. The van der Waals surface area contributed by atoms with Crippen molar-refractivity contribution in [2.24, 2.45) is 0 Å². The Bertz CT molecular complexity index is 826. The predicted octanol–water partition coefficient (Wildman–Crippen LogP) is 2.50. The average Bonchev–Trinajstić information content (AvgIpc) is 3.03. The highest BCUT2D eigenvalue weighted by molar-refractivity contribution is 7.99. The molecule has 0 atom stereocenters. The zero-order chi connectivity index (χ0) is 16.8. The van der Waals surface area contributed by atoms with E-state index in [9.17, 15) is 4.79 Å². The van der Waals surface area contributed by atoms with Gasteiger partial charge in [0.05, 0.1) is 18.0 Å². The van der Waals surface area contributed by atoms with Gasteiger partial charge in [-0.1, -0.05) is 53.7 Å². The monoisotopic (exact) mass is 360 g/mol. The lowest BCUT2D eigenvalue weighted by molar-refractivity contribution is -0.113. The lowest BCUT2D eigenvalue weighted by Gasteiger charge is -2.06. The van der Waals surface area contributed by atoms with Crippen LogP contribution in [0.4, 0.5) is 5.69 Å². The summed E-state index contributed by atoms with van der Waals surface area (Å²) in [4.78, 5) is 15.9. The maximum absolute atomic E-state index is 12.0. The summed E-state index contributed by atoms with van der Waals surface area (Å²) in [5, 5.41) is 15.1. The minimum Gasteiger partial charge on any atom is -0.323 e. The van der Waals surface area contributed by atoms with Crippen LogP contribution in [0.2, 0.25) is 5.15 Å². The first-order chi connectivity index (χ1) is 11.7. The molecular weight excluding hydrogens is 348 g/mol. The van der Waals surface area contributed by atoms with Gasteiger partial charge in [-0.15, -0.1) is 5.10 Å². The molecule has 0 aliphatic heterocycles. The van der Waals surface area contributed by atoms with Crippen molar-refractivity contribution in [1.82, 2.24) is 25.2 Å². The number of halogens is 1. The van der Waals surface area contributed by atoms with Crippen molar-refractivity contribution in [2.75, 3.05) is 11.1 Å². The molecular formula is C15H13ClN6OS. The smallest absolute Gasteiger partial charge is 0.234 e. The van der Waals surface area contributed by atoms with Crippen LogP contribution in [0.1, 0.15) is 5.56 Å². The lowest BCUT2D eigenvalue weighted by atomic mass is 10.2. The van der Waals surface area contributed by atoms with E-state index in [2.05, 4.69) is 25.8 Å². The Morgan fingerprint density at radius 2 is 2.04 bits per heavy atom. The topological polar surface area (TPSA) is 85.6 Å². The Morgan fingerprint density at radius 1 is 1.21 bits per heavy atom. The minimum absolute atomic E-state index is 0.167. The molecule has 0 bridgehead atoms. The van der Waals surface area contributed by atoms with E-state index in [0.717, 1.165) is 5.56 Å². The van der Waals surface area contributed by atoms with Gasteiger partial charge in [-0.25, -0.2) is 9.67 Å². The molecule has 122 valence electrons. The van der Waals surface area contributed by atoms with Crippen molar-refractivity contribution in [2.45, 2.75) is 11.7 Å². The fourth-order valence-electron chi connectivity index (χ4n) is 1.95. The van der Waals surface area contributed by atoms with Crippen LogP contribution in [0.15, 0.2) is 53.8 Å². The van der Waals surface area contributed by atoms with Gasteiger partial charge in [-0.05, 0) is 28.1 Å². The molecule has 3 aromatic rings. The summed E-state index contributed by atoms with van der Waals surface area (Å²) in [6.45, 7) is 0.548. The van der Waals surface area contributed by atoms with E-state index in [4.69, 9.17) is 11.6 Å². The minimum atomic E-state index is -0.204. The number of rotatable bonds is 6. The highest BCUT2D eigenvalue weighted by atomic mass is 35.5. The van der Waals surface area contributed by atoms with Crippen LogP contribution in [-0.4, -0.2) is 36.9 Å². The summed E-state index contributed by atoms with van der Waals surface area (Å²) >= 11 is 7.17. The first-order valence-corrected chi connectivity index (χ1v) is 8.42. The van der Waals surface area contributed by atoms with E-state index in [1.807, 2.05) is 30.3 Å². The average molecular weight is 361 g/mol. The molecule has 7 nitrogen and oxygen atoms in total. The number of thioether (sulfide) groups is 1. The van der Waals surface area contributed by atoms with E-state index in [-0.39, 0.29) is 16.8 Å². The number of carbonyl (C=O) groups excluding carboxylic acids is 1. The fourth-order valence-corrected chi connectivity index (χ4v) is 2.79. The van der Waals surface area contributed by atoms with Gasteiger partial charge < -0.3 is 5.32 Å². The molecule has 1 aromatic carbocycles. The molecule has 1 N–H and O–H groups in total. The Labute approximate surface area is 147 Å². The van der Waals surface area contributed by atoms with Crippen molar-refractivity contribution in [3.8, 4) is 0 Å². The summed E-state index contributed by atoms with van der Waals surface area (Å²) in [6, 6.07) is 13.2. The summed E-state index contributed by atoms with van der Waals surface area (Å²) in [5.74, 6) is -0.0374. The molecule has 2 heterocycles. The van der Waals surface area contributed by atoms with E-state index in [1.165, 1.54) is 11.8 Å². The number of anilines is 1. The number of nitrogens with zero attached hydrogens (tertiary/aromatic N) is 5. The van der Waals surface area contributed by atoms with Crippen molar-refractivity contribution in [3.05, 3.63) is 59.4 Å². The molecule has 9 heteroatoms. The van der Waals surface area contributed by atoms with Gasteiger partial charge in [0, 0.05) is 6.20 Å². The van der Waals surface area contributed by atoms with Gasteiger partial charge in [-0.3, -0.25) is 4.79 Å². The molecule has 0 spiro atoms. The third-order valence-corrected chi connectivity index (χ3v) is 4.30.